The minimum absolute atomic E-state index is 0.116. The molecule has 0 radical (unpaired) electrons. The van der Waals surface area contributed by atoms with Crippen LogP contribution in [0.4, 0.5) is 0 Å². The Hall–Kier alpha value is -0.610. The first-order valence-corrected chi connectivity index (χ1v) is 4.79. The van der Waals surface area contributed by atoms with Crippen LogP contribution < -0.4 is 5.32 Å². The maximum atomic E-state index is 11.6. The molecule has 1 aliphatic heterocycles. The van der Waals surface area contributed by atoms with Gasteiger partial charge < -0.3 is 15.3 Å². The van der Waals surface area contributed by atoms with Gasteiger partial charge in [-0.05, 0) is 26.8 Å². The molecule has 0 aromatic rings. The Morgan fingerprint density at radius 3 is 2.54 bits per heavy atom. The summed E-state index contributed by atoms with van der Waals surface area (Å²) in [6.45, 7) is 3.23. The molecule has 0 saturated carbocycles. The average Bonchev–Trinajstić information content (AvgIpc) is 2.17. The molecule has 1 aliphatic rings. The minimum atomic E-state index is -0.214. The number of hydrogen-bond acceptors (Lipinski definition) is 3. The van der Waals surface area contributed by atoms with Gasteiger partial charge in [0.05, 0.1) is 12.1 Å². The van der Waals surface area contributed by atoms with Crippen LogP contribution in [0, 0.1) is 0 Å². The fourth-order valence-corrected chi connectivity index (χ4v) is 1.48. The second-order valence-electron chi connectivity index (χ2n) is 3.57. The van der Waals surface area contributed by atoms with Crippen LogP contribution in [0.5, 0.6) is 0 Å². The fraction of sp³-hybridized carbons (Fsp3) is 0.889. The first kappa shape index (κ1) is 10.5. The highest BCUT2D eigenvalue weighted by atomic mass is 16.3. The van der Waals surface area contributed by atoms with Crippen molar-refractivity contribution in [2.24, 2.45) is 0 Å². The molecule has 0 spiro atoms. The summed E-state index contributed by atoms with van der Waals surface area (Å²) >= 11 is 0. The smallest absolute Gasteiger partial charge is 0.239 e. The summed E-state index contributed by atoms with van der Waals surface area (Å²) in [6.07, 6.45) is 1.21. The van der Waals surface area contributed by atoms with Crippen LogP contribution in [-0.4, -0.2) is 48.2 Å². The van der Waals surface area contributed by atoms with E-state index in [2.05, 4.69) is 5.32 Å². The Bertz CT molecular complexity index is 176. The molecule has 0 aliphatic carbocycles. The van der Waals surface area contributed by atoms with Gasteiger partial charge in [0.1, 0.15) is 0 Å². The number of carbonyl (C=O) groups excluding carboxylic acids is 1. The van der Waals surface area contributed by atoms with Crippen LogP contribution in [0.15, 0.2) is 0 Å². The molecule has 1 rings (SSSR count). The van der Waals surface area contributed by atoms with Crippen LogP contribution in [0.1, 0.15) is 19.8 Å². The zero-order valence-electron chi connectivity index (χ0n) is 8.29. The van der Waals surface area contributed by atoms with Gasteiger partial charge in [0.15, 0.2) is 0 Å². The van der Waals surface area contributed by atoms with Crippen molar-refractivity contribution in [1.29, 1.82) is 0 Å². The molecule has 1 saturated heterocycles. The molecule has 1 amide bonds. The lowest BCUT2D eigenvalue weighted by molar-refractivity contribution is -0.134. The second kappa shape index (κ2) is 4.58. The van der Waals surface area contributed by atoms with Crippen LogP contribution in [-0.2, 0) is 4.79 Å². The number of rotatable bonds is 2. The number of piperidine rings is 1. The molecule has 0 aromatic carbocycles. The molecule has 4 nitrogen and oxygen atoms in total. The maximum Gasteiger partial charge on any atom is 0.239 e. The molecule has 1 atom stereocenters. The highest BCUT2D eigenvalue weighted by Gasteiger charge is 2.23. The zero-order chi connectivity index (χ0) is 9.84. The van der Waals surface area contributed by atoms with E-state index in [4.69, 9.17) is 0 Å². The van der Waals surface area contributed by atoms with Crippen molar-refractivity contribution in [2.75, 3.05) is 20.1 Å². The number of likely N-dealkylation sites (N-methyl/N-ethyl adjacent to an activating group) is 1. The van der Waals surface area contributed by atoms with Gasteiger partial charge in [0, 0.05) is 13.1 Å². The van der Waals surface area contributed by atoms with Crippen molar-refractivity contribution in [1.82, 2.24) is 10.2 Å². The van der Waals surface area contributed by atoms with E-state index in [1.807, 2.05) is 11.8 Å². The lowest BCUT2D eigenvalue weighted by Crippen LogP contribution is -2.47. The van der Waals surface area contributed by atoms with E-state index in [0.717, 1.165) is 0 Å². The molecular formula is C9H18N2O2. The third-order valence-electron chi connectivity index (χ3n) is 2.58. The number of carbonyl (C=O) groups is 1. The fourth-order valence-electron chi connectivity index (χ4n) is 1.48. The van der Waals surface area contributed by atoms with E-state index >= 15 is 0 Å². The van der Waals surface area contributed by atoms with Gasteiger partial charge >= 0.3 is 0 Å². The third kappa shape index (κ3) is 2.67. The Balaban J connectivity index is 2.40. The summed E-state index contributed by atoms with van der Waals surface area (Å²) in [7, 11) is 1.78. The van der Waals surface area contributed by atoms with Gasteiger partial charge in [-0.1, -0.05) is 0 Å². The summed E-state index contributed by atoms with van der Waals surface area (Å²) in [5.41, 5.74) is 0. The number of aliphatic hydroxyl groups excluding tert-OH is 1. The van der Waals surface area contributed by atoms with Gasteiger partial charge in [-0.3, -0.25) is 4.79 Å². The monoisotopic (exact) mass is 186 g/mol. The standard InChI is InChI=1S/C9H18N2O2/c1-7(10-2)9(13)11-5-3-8(12)4-6-11/h7-8,10,12H,3-6H2,1-2H3. The Morgan fingerprint density at radius 1 is 1.54 bits per heavy atom. The van der Waals surface area contributed by atoms with Crippen molar-refractivity contribution in [2.45, 2.75) is 31.9 Å². The van der Waals surface area contributed by atoms with Crippen molar-refractivity contribution >= 4 is 5.91 Å². The molecule has 0 aromatic heterocycles. The molecule has 4 heteroatoms. The Kier molecular flexibility index (Phi) is 3.69. The molecule has 2 N–H and O–H groups in total. The van der Waals surface area contributed by atoms with Gasteiger partial charge in [-0.25, -0.2) is 0 Å². The largest absolute Gasteiger partial charge is 0.393 e. The lowest BCUT2D eigenvalue weighted by atomic mass is 10.1. The van der Waals surface area contributed by atoms with E-state index in [9.17, 15) is 9.90 Å². The summed E-state index contributed by atoms with van der Waals surface area (Å²) < 4.78 is 0. The van der Waals surface area contributed by atoms with Crippen molar-refractivity contribution in [3.05, 3.63) is 0 Å². The van der Waals surface area contributed by atoms with Gasteiger partial charge in [0.25, 0.3) is 0 Å². The molecule has 1 unspecified atom stereocenters. The maximum absolute atomic E-state index is 11.6. The number of nitrogens with one attached hydrogen (secondary N) is 1. The normalized spacial score (nSPS) is 21.6. The second-order valence-corrected chi connectivity index (χ2v) is 3.57. The van der Waals surface area contributed by atoms with E-state index in [0.29, 0.717) is 25.9 Å². The van der Waals surface area contributed by atoms with Gasteiger partial charge in [-0.2, -0.15) is 0 Å². The highest BCUT2D eigenvalue weighted by Crippen LogP contribution is 2.10. The Morgan fingerprint density at radius 2 is 2.08 bits per heavy atom. The number of aliphatic hydroxyl groups is 1. The third-order valence-corrected chi connectivity index (χ3v) is 2.58. The molecule has 0 bridgehead atoms. The zero-order valence-corrected chi connectivity index (χ0v) is 8.29. The number of hydrogen-bond donors (Lipinski definition) is 2. The average molecular weight is 186 g/mol. The first-order chi connectivity index (χ1) is 6.15. The number of likely N-dealkylation sites (tertiary alicyclic amines) is 1. The highest BCUT2D eigenvalue weighted by molar-refractivity contribution is 5.81. The van der Waals surface area contributed by atoms with E-state index < -0.39 is 0 Å². The summed E-state index contributed by atoms with van der Waals surface area (Å²) in [5, 5.41) is 12.2. The van der Waals surface area contributed by atoms with Crippen LogP contribution in [0.25, 0.3) is 0 Å². The molecule has 13 heavy (non-hydrogen) atoms. The Labute approximate surface area is 78.9 Å². The van der Waals surface area contributed by atoms with Gasteiger partial charge in [-0.15, -0.1) is 0 Å². The first-order valence-electron chi connectivity index (χ1n) is 4.79. The van der Waals surface area contributed by atoms with Crippen molar-refractivity contribution in [3.8, 4) is 0 Å². The summed E-state index contributed by atoms with van der Waals surface area (Å²) in [5.74, 6) is 0.134. The SMILES string of the molecule is CNC(C)C(=O)N1CCC(O)CC1. The predicted octanol–water partition coefficient (Wildman–Crippen LogP) is -0.422. The number of amides is 1. The van der Waals surface area contributed by atoms with E-state index in [1.54, 1.807) is 7.05 Å². The molecular weight excluding hydrogens is 168 g/mol. The van der Waals surface area contributed by atoms with E-state index in [1.165, 1.54) is 0 Å². The molecule has 1 heterocycles. The van der Waals surface area contributed by atoms with Crippen molar-refractivity contribution < 1.29 is 9.90 Å². The lowest BCUT2D eigenvalue weighted by Gasteiger charge is -2.31. The topological polar surface area (TPSA) is 52.6 Å². The van der Waals surface area contributed by atoms with Crippen LogP contribution >= 0.6 is 0 Å². The van der Waals surface area contributed by atoms with Crippen LogP contribution in [0.3, 0.4) is 0 Å². The summed E-state index contributed by atoms with van der Waals surface area (Å²) in [4.78, 5) is 13.4. The predicted molar refractivity (Wildman–Crippen MR) is 50.3 cm³/mol. The molecule has 1 fully saturated rings. The minimum Gasteiger partial charge on any atom is -0.393 e. The van der Waals surface area contributed by atoms with Crippen LogP contribution in [0.2, 0.25) is 0 Å². The van der Waals surface area contributed by atoms with Gasteiger partial charge in [0.2, 0.25) is 5.91 Å². The molecule has 76 valence electrons. The van der Waals surface area contributed by atoms with E-state index in [-0.39, 0.29) is 18.1 Å². The van der Waals surface area contributed by atoms with Crippen molar-refractivity contribution in [3.63, 3.8) is 0 Å². The number of nitrogens with zero attached hydrogens (tertiary/aromatic N) is 1. The summed E-state index contributed by atoms with van der Waals surface area (Å²) in [6, 6.07) is -0.116. The quantitative estimate of drug-likeness (QED) is 0.615.